The van der Waals surface area contributed by atoms with Gasteiger partial charge in [0.15, 0.2) is 0 Å². The number of aromatic nitrogens is 1. The fourth-order valence-electron chi connectivity index (χ4n) is 2.26. The van der Waals surface area contributed by atoms with Gasteiger partial charge in [-0.2, -0.15) is 0 Å². The molecule has 15 heavy (non-hydrogen) atoms. The predicted molar refractivity (Wildman–Crippen MR) is 62.1 cm³/mol. The highest BCUT2D eigenvalue weighted by Gasteiger charge is 2.18. The number of aryl methyl sites for hydroxylation is 1. The number of carbonyl (C=O) groups is 1. The smallest absolute Gasteiger partial charge is 0.139 e. The Morgan fingerprint density at radius 3 is 2.87 bits per heavy atom. The van der Waals surface area contributed by atoms with Crippen molar-refractivity contribution in [2.24, 2.45) is 5.92 Å². The molecular weight excluding hydrogens is 206 g/mol. The van der Waals surface area contributed by atoms with Gasteiger partial charge in [-0.3, -0.25) is 4.79 Å². The van der Waals surface area contributed by atoms with E-state index in [-0.39, 0.29) is 0 Å². The Labute approximate surface area is 94.7 Å². The van der Waals surface area contributed by atoms with Gasteiger partial charge < -0.3 is 0 Å². The Morgan fingerprint density at radius 2 is 2.27 bits per heavy atom. The van der Waals surface area contributed by atoms with Gasteiger partial charge in [0.2, 0.25) is 0 Å². The molecule has 1 aromatic rings. The maximum atomic E-state index is 11.7. The summed E-state index contributed by atoms with van der Waals surface area (Å²) in [5, 5.41) is 2.99. The molecule has 1 saturated carbocycles. The van der Waals surface area contributed by atoms with Crippen LogP contribution in [-0.2, 0) is 11.2 Å². The number of rotatable bonds is 4. The molecule has 0 radical (unpaired) electrons. The number of hydrogen-bond acceptors (Lipinski definition) is 3. The van der Waals surface area contributed by atoms with Crippen molar-refractivity contribution in [2.45, 2.75) is 45.4 Å². The minimum absolute atomic E-state index is 0.372. The summed E-state index contributed by atoms with van der Waals surface area (Å²) in [6, 6.07) is 0. The van der Waals surface area contributed by atoms with Crippen LogP contribution in [0, 0.1) is 12.8 Å². The van der Waals surface area contributed by atoms with Gasteiger partial charge in [0.1, 0.15) is 10.8 Å². The Balaban J connectivity index is 1.81. The average Bonchev–Trinajstić information content (AvgIpc) is 2.77. The molecule has 0 aliphatic heterocycles. The number of ketones is 1. The number of thiazole rings is 1. The van der Waals surface area contributed by atoms with Crippen LogP contribution in [0.25, 0.3) is 0 Å². The van der Waals surface area contributed by atoms with Gasteiger partial charge in [-0.05, 0) is 12.8 Å². The highest BCUT2D eigenvalue weighted by Crippen LogP contribution is 2.28. The molecule has 0 aromatic carbocycles. The van der Waals surface area contributed by atoms with Crippen molar-refractivity contribution in [1.82, 2.24) is 4.98 Å². The van der Waals surface area contributed by atoms with E-state index in [2.05, 4.69) is 4.98 Å². The monoisotopic (exact) mass is 223 g/mol. The topological polar surface area (TPSA) is 30.0 Å². The van der Waals surface area contributed by atoms with Crippen molar-refractivity contribution >= 4 is 17.1 Å². The largest absolute Gasteiger partial charge is 0.299 e. The third-order valence-electron chi connectivity index (χ3n) is 3.01. The molecule has 1 aromatic heterocycles. The van der Waals surface area contributed by atoms with Crippen LogP contribution in [-0.4, -0.2) is 10.8 Å². The van der Waals surface area contributed by atoms with Crippen molar-refractivity contribution in [2.75, 3.05) is 0 Å². The zero-order valence-electron chi connectivity index (χ0n) is 9.16. The molecule has 0 unspecified atom stereocenters. The van der Waals surface area contributed by atoms with Gasteiger partial charge in [0.25, 0.3) is 0 Å². The molecule has 0 bridgehead atoms. The number of hydrogen-bond donors (Lipinski definition) is 0. The Morgan fingerprint density at radius 1 is 1.53 bits per heavy atom. The Hall–Kier alpha value is -0.700. The molecule has 0 spiro atoms. The van der Waals surface area contributed by atoms with Crippen molar-refractivity contribution < 1.29 is 4.79 Å². The summed E-state index contributed by atoms with van der Waals surface area (Å²) in [6.07, 6.45) is 6.46. The van der Waals surface area contributed by atoms with Crippen LogP contribution in [0.5, 0.6) is 0 Å². The predicted octanol–water partition coefficient (Wildman–Crippen LogP) is 3.14. The Bertz CT molecular complexity index is 339. The molecule has 0 N–H and O–H groups in total. The fourth-order valence-corrected chi connectivity index (χ4v) is 3.06. The van der Waals surface area contributed by atoms with E-state index in [4.69, 9.17) is 0 Å². The van der Waals surface area contributed by atoms with Gasteiger partial charge in [-0.25, -0.2) is 4.98 Å². The van der Waals surface area contributed by atoms with E-state index in [1.165, 1.54) is 25.7 Å². The summed E-state index contributed by atoms with van der Waals surface area (Å²) in [7, 11) is 0. The van der Waals surface area contributed by atoms with E-state index < -0.39 is 0 Å². The highest BCUT2D eigenvalue weighted by molar-refractivity contribution is 7.09. The third-order valence-corrected chi connectivity index (χ3v) is 3.97. The fraction of sp³-hybridized carbons (Fsp3) is 0.667. The van der Waals surface area contributed by atoms with Gasteiger partial charge in [0.05, 0.1) is 6.42 Å². The first-order valence-electron chi connectivity index (χ1n) is 5.67. The second-order valence-corrected chi connectivity index (χ2v) is 5.40. The number of Topliss-reactive ketones (excluding diaryl/α,β-unsaturated/α-hetero) is 1. The summed E-state index contributed by atoms with van der Waals surface area (Å²) in [6.45, 7) is 1.97. The van der Waals surface area contributed by atoms with E-state index in [9.17, 15) is 4.79 Å². The summed E-state index contributed by atoms with van der Waals surface area (Å²) in [4.78, 5) is 16.1. The Kier molecular flexibility index (Phi) is 3.52. The van der Waals surface area contributed by atoms with Crippen LogP contribution in [0.1, 0.15) is 42.8 Å². The lowest BCUT2D eigenvalue weighted by Crippen LogP contribution is -2.08. The van der Waals surface area contributed by atoms with Crippen molar-refractivity contribution in [3.8, 4) is 0 Å². The zero-order chi connectivity index (χ0) is 10.7. The molecule has 3 heteroatoms. The summed E-state index contributed by atoms with van der Waals surface area (Å²) >= 11 is 1.60. The number of carbonyl (C=O) groups excluding carboxylic acids is 1. The molecule has 1 aliphatic carbocycles. The van der Waals surface area contributed by atoms with Crippen molar-refractivity contribution in [3.05, 3.63) is 16.1 Å². The maximum absolute atomic E-state index is 11.7. The molecule has 82 valence electrons. The van der Waals surface area contributed by atoms with Crippen LogP contribution in [0.2, 0.25) is 0 Å². The lowest BCUT2D eigenvalue weighted by molar-refractivity contribution is -0.119. The molecule has 1 aliphatic rings. The van der Waals surface area contributed by atoms with Gasteiger partial charge in [-0.15, -0.1) is 11.3 Å². The van der Waals surface area contributed by atoms with Gasteiger partial charge in [-0.1, -0.05) is 25.7 Å². The first kappa shape index (κ1) is 10.8. The van der Waals surface area contributed by atoms with Gasteiger partial charge in [0, 0.05) is 17.5 Å². The lowest BCUT2D eigenvalue weighted by Gasteiger charge is -2.05. The molecule has 1 fully saturated rings. The van der Waals surface area contributed by atoms with Crippen LogP contribution >= 0.6 is 11.3 Å². The molecule has 2 nitrogen and oxygen atoms in total. The van der Waals surface area contributed by atoms with Crippen LogP contribution in [0.3, 0.4) is 0 Å². The highest BCUT2D eigenvalue weighted by atomic mass is 32.1. The lowest BCUT2D eigenvalue weighted by atomic mass is 10.00. The van der Waals surface area contributed by atoms with E-state index in [1.54, 1.807) is 11.3 Å². The second-order valence-electron chi connectivity index (χ2n) is 4.45. The van der Waals surface area contributed by atoms with Crippen LogP contribution in [0.15, 0.2) is 5.38 Å². The average molecular weight is 223 g/mol. The van der Waals surface area contributed by atoms with E-state index >= 15 is 0 Å². The standard InChI is InChI=1S/C12H17NOS/c1-9-8-15-12(13-9)7-11(14)6-10-4-2-3-5-10/h8,10H,2-7H2,1H3. The SMILES string of the molecule is Cc1csc(CC(=O)CC2CCCC2)n1. The molecule has 0 saturated heterocycles. The van der Waals surface area contributed by atoms with Crippen LogP contribution < -0.4 is 0 Å². The summed E-state index contributed by atoms with van der Waals surface area (Å²) in [5.74, 6) is 1.04. The normalized spacial score (nSPS) is 17.1. The van der Waals surface area contributed by atoms with Crippen molar-refractivity contribution in [3.63, 3.8) is 0 Å². The van der Waals surface area contributed by atoms with E-state index in [1.807, 2.05) is 12.3 Å². The first-order valence-corrected chi connectivity index (χ1v) is 6.54. The minimum atomic E-state index is 0.372. The van der Waals surface area contributed by atoms with E-state index in [0.29, 0.717) is 18.1 Å². The second kappa shape index (κ2) is 4.88. The van der Waals surface area contributed by atoms with Crippen molar-refractivity contribution in [1.29, 1.82) is 0 Å². The number of nitrogens with zero attached hydrogens (tertiary/aromatic N) is 1. The third kappa shape index (κ3) is 3.13. The molecular formula is C12H17NOS. The molecule has 2 rings (SSSR count). The first-order chi connectivity index (χ1) is 7.24. The van der Waals surface area contributed by atoms with Gasteiger partial charge >= 0.3 is 0 Å². The summed E-state index contributed by atoms with van der Waals surface area (Å²) < 4.78 is 0. The van der Waals surface area contributed by atoms with E-state index in [0.717, 1.165) is 17.1 Å². The molecule has 1 heterocycles. The quantitative estimate of drug-likeness (QED) is 0.785. The summed E-state index contributed by atoms with van der Waals surface area (Å²) in [5.41, 5.74) is 1.03. The molecule has 0 atom stereocenters. The van der Waals surface area contributed by atoms with Crippen LogP contribution in [0.4, 0.5) is 0 Å². The minimum Gasteiger partial charge on any atom is -0.299 e. The zero-order valence-corrected chi connectivity index (χ0v) is 9.98. The maximum Gasteiger partial charge on any atom is 0.139 e. The molecule has 0 amide bonds.